The van der Waals surface area contributed by atoms with Crippen LogP contribution in [0.15, 0.2) is 96.0 Å². The third-order valence-corrected chi connectivity index (χ3v) is 10.6. The molecule has 3 aromatic rings. The second-order valence-electron chi connectivity index (χ2n) is 15.4. The van der Waals surface area contributed by atoms with Crippen molar-refractivity contribution >= 4 is 47.4 Å². The molecule has 6 atom stereocenters. The molecular weight excluding hydrogens is 842 g/mol. The van der Waals surface area contributed by atoms with E-state index in [1.54, 1.807) is 4.90 Å². The molecule has 0 radical (unpaired) electrons. The number of aliphatic imine (C=N–C) groups is 1. The van der Waals surface area contributed by atoms with E-state index in [9.17, 15) is 47.0 Å². The number of piperidine rings is 1. The monoisotopic (exact) mass is 894 g/mol. The first kappa shape index (κ1) is 49.7. The number of nitrogens with one attached hydrogen (secondary N) is 4. The zero-order valence-corrected chi connectivity index (χ0v) is 34.8. The summed E-state index contributed by atoms with van der Waals surface area (Å²) in [5.41, 5.74) is 13.8. The van der Waals surface area contributed by atoms with E-state index < -0.39 is 66.4 Å². The maximum absolute atomic E-state index is 14.3. The highest BCUT2D eigenvalue weighted by Crippen LogP contribution is 2.39. The minimum Gasteiger partial charge on any atom is -0.481 e. The van der Waals surface area contributed by atoms with E-state index in [1.165, 1.54) is 0 Å². The Labute approximate surface area is 367 Å². The number of rotatable bonds is 19. The average Bonchev–Trinajstić information content (AvgIpc) is 3.62. The van der Waals surface area contributed by atoms with E-state index in [2.05, 4.69) is 26.3 Å². The number of carbonyl (C=O) groups excluding carboxylic acids is 5. The van der Waals surface area contributed by atoms with Crippen molar-refractivity contribution in [3.05, 3.63) is 108 Å². The normalized spacial score (nSPS) is 18.7. The van der Waals surface area contributed by atoms with Crippen LogP contribution in [0.2, 0.25) is 0 Å². The molecule has 0 bridgehead atoms. The molecule has 5 rings (SSSR count). The SMILES string of the molecule is NC(N)=NCCC[C@H](NC(=O)[C@@H]1C[C@@H](Cc2ccccc2)C2CC[C@@H](NC(=O)Cc3ccccc3)C(=O)N21)C(=O)N[C@H](CC(=O)O)C(=O)NCCc1ccccc1.O=C(O)C(F)(F)F. The first-order chi connectivity index (χ1) is 30.4. The minimum absolute atomic E-state index is 0.0411. The van der Waals surface area contributed by atoms with Gasteiger partial charge in [0.25, 0.3) is 0 Å². The van der Waals surface area contributed by atoms with Crippen LogP contribution in [-0.4, -0.2) is 112 Å². The van der Waals surface area contributed by atoms with Gasteiger partial charge in [0.1, 0.15) is 24.2 Å². The summed E-state index contributed by atoms with van der Waals surface area (Å²) in [5, 5.41) is 27.7. The first-order valence-corrected chi connectivity index (χ1v) is 20.6. The van der Waals surface area contributed by atoms with Crippen LogP contribution in [0, 0.1) is 5.92 Å². The molecular formula is C44H53F3N8O9. The third-order valence-electron chi connectivity index (χ3n) is 10.6. The number of aliphatic carboxylic acids is 2. The molecule has 0 saturated carbocycles. The highest BCUT2D eigenvalue weighted by atomic mass is 19.4. The quantitative estimate of drug-likeness (QED) is 0.0489. The van der Waals surface area contributed by atoms with Crippen LogP contribution in [0.4, 0.5) is 13.2 Å². The molecule has 2 saturated heterocycles. The number of guanidine groups is 1. The predicted molar refractivity (Wildman–Crippen MR) is 227 cm³/mol. The van der Waals surface area contributed by atoms with Crippen molar-refractivity contribution in [1.82, 2.24) is 26.2 Å². The molecule has 20 heteroatoms. The van der Waals surface area contributed by atoms with Gasteiger partial charge in [-0.1, -0.05) is 91.0 Å². The van der Waals surface area contributed by atoms with Crippen LogP contribution in [0.5, 0.6) is 0 Å². The number of halogens is 3. The van der Waals surface area contributed by atoms with Gasteiger partial charge in [0.2, 0.25) is 29.5 Å². The highest BCUT2D eigenvalue weighted by Gasteiger charge is 2.51. The Balaban J connectivity index is 0.00000118. The van der Waals surface area contributed by atoms with Gasteiger partial charge in [-0.2, -0.15) is 13.2 Å². The number of nitrogens with two attached hydrogens (primary N) is 2. The van der Waals surface area contributed by atoms with Crippen LogP contribution in [-0.2, 0) is 52.8 Å². The molecule has 0 aromatic heterocycles. The highest BCUT2D eigenvalue weighted by molar-refractivity contribution is 5.97. The number of hydrogen-bond acceptors (Lipinski definition) is 8. The van der Waals surface area contributed by atoms with Gasteiger partial charge in [-0.05, 0) is 67.6 Å². The number of carboxylic acids is 2. The molecule has 17 nitrogen and oxygen atoms in total. The lowest BCUT2D eigenvalue weighted by Gasteiger charge is -2.39. The Morgan fingerprint density at radius 3 is 1.94 bits per heavy atom. The van der Waals surface area contributed by atoms with E-state index in [-0.39, 0.29) is 62.1 Å². The van der Waals surface area contributed by atoms with Crippen LogP contribution in [0.1, 0.15) is 55.2 Å². The molecule has 64 heavy (non-hydrogen) atoms. The van der Waals surface area contributed by atoms with E-state index in [4.69, 9.17) is 21.4 Å². The lowest BCUT2D eigenvalue weighted by Crippen LogP contribution is -2.61. The fourth-order valence-electron chi connectivity index (χ4n) is 7.67. The van der Waals surface area contributed by atoms with Crippen molar-refractivity contribution in [3.8, 4) is 0 Å². The van der Waals surface area contributed by atoms with E-state index in [0.29, 0.717) is 32.1 Å². The fraction of sp³-hybridized carbons (Fsp3) is 0.409. The Hall–Kier alpha value is -6.99. The second-order valence-corrected chi connectivity index (χ2v) is 15.4. The predicted octanol–water partition coefficient (Wildman–Crippen LogP) is 1.83. The van der Waals surface area contributed by atoms with Crippen molar-refractivity contribution in [3.63, 3.8) is 0 Å². The maximum atomic E-state index is 14.3. The van der Waals surface area contributed by atoms with Gasteiger partial charge in [0.15, 0.2) is 5.96 Å². The van der Waals surface area contributed by atoms with Crippen molar-refractivity contribution in [1.29, 1.82) is 0 Å². The number of carboxylic acid groups (broad SMARTS) is 2. The smallest absolute Gasteiger partial charge is 0.481 e. The summed E-state index contributed by atoms with van der Waals surface area (Å²) in [5.74, 6) is -7.01. The zero-order valence-electron chi connectivity index (χ0n) is 34.8. The molecule has 0 aliphatic carbocycles. The second kappa shape index (κ2) is 24.0. The number of fused-ring (bicyclic) bond motifs is 1. The molecule has 5 amide bonds. The number of benzene rings is 3. The molecule has 2 aliphatic rings. The topological polar surface area (TPSA) is 276 Å². The number of amides is 5. The van der Waals surface area contributed by atoms with Crippen LogP contribution < -0.4 is 32.7 Å². The number of hydrogen-bond donors (Lipinski definition) is 8. The first-order valence-electron chi connectivity index (χ1n) is 20.6. The van der Waals surface area contributed by atoms with Gasteiger partial charge in [-0.25, -0.2) is 4.79 Å². The fourth-order valence-corrected chi connectivity index (χ4v) is 7.67. The summed E-state index contributed by atoms with van der Waals surface area (Å²) in [4.78, 5) is 94.9. The van der Waals surface area contributed by atoms with E-state index >= 15 is 0 Å². The van der Waals surface area contributed by atoms with Crippen molar-refractivity contribution in [2.75, 3.05) is 13.1 Å². The molecule has 10 N–H and O–H groups in total. The van der Waals surface area contributed by atoms with Gasteiger partial charge >= 0.3 is 18.1 Å². The van der Waals surface area contributed by atoms with Gasteiger partial charge in [-0.15, -0.1) is 0 Å². The standard InChI is InChI=1S/C42H52N8O7.C2HF3O2/c43-42(44)46-21-10-17-31(39(55)49-33(26-37(52)53)38(54)45-22-20-27-11-4-1-5-12-27)48-40(56)35-25-30(23-28-13-6-2-7-14-28)34-19-18-32(41(57)50(34)35)47-36(51)24-29-15-8-3-9-16-29;3-2(4,5)1(6)7/h1-9,11-16,30-35H,10,17-26H2,(H,45,54)(H,47,51)(H,48,56)(H,49,55)(H,52,53)(H4,43,44,46);(H,6,7)/t30-,31+,32-,33-,34?,35+;/m1./s1. The Morgan fingerprint density at radius 1 is 0.797 bits per heavy atom. The number of carbonyl (C=O) groups is 7. The molecule has 2 fully saturated rings. The van der Waals surface area contributed by atoms with Crippen molar-refractivity contribution in [2.45, 2.75) is 94.2 Å². The molecule has 0 spiro atoms. The van der Waals surface area contributed by atoms with Gasteiger partial charge < -0.3 is 47.8 Å². The minimum atomic E-state index is -5.08. The van der Waals surface area contributed by atoms with Gasteiger partial charge in [0, 0.05) is 19.1 Å². The molecule has 1 unspecified atom stereocenters. The van der Waals surface area contributed by atoms with E-state index in [1.807, 2.05) is 91.0 Å². The largest absolute Gasteiger partial charge is 0.490 e. The average molecular weight is 895 g/mol. The lowest BCUT2D eigenvalue weighted by molar-refractivity contribution is -0.192. The number of nitrogens with zero attached hydrogens (tertiary/aromatic N) is 2. The van der Waals surface area contributed by atoms with Crippen LogP contribution in [0.25, 0.3) is 0 Å². The Morgan fingerprint density at radius 2 is 1.38 bits per heavy atom. The summed E-state index contributed by atoms with van der Waals surface area (Å²) < 4.78 is 31.7. The van der Waals surface area contributed by atoms with Crippen LogP contribution in [0.3, 0.4) is 0 Å². The van der Waals surface area contributed by atoms with Gasteiger partial charge in [0.05, 0.1) is 12.8 Å². The summed E-state index contributed by atoms with van der Waals surface area (Å²) in [6, 6.07) is 23.6. The summed E-state index contributed by atoms with van der Waals surface area (Å²) in [6.07, 6.45) is -2.99. The molecule has 344 valence electrons. The molecule has 2 aliphatic heterocycles. The lowest BCUT2D eigenvalue weighted by atomic mass is 9.86. The van der Waals surface area contributed by atoms with Gasteiger partial charge in [-0.3, -0.25) is 33.8 Å². The molecule has 2 heterocycles. The molecule has 3 aromatic carbocycles. The Kier molecular flexibility index (Phi) is 18.6. The zero-order chi connectivity index (χ0) is 46.8. The van der Waals surface area contributed by atoms with Crippen LogP contribution >= 0.6 is 0 Å². The summed E-state index contributed by atoms with van der Waals surface area (Å²) in [7, 11) is 0. The summed E-state index contributed by atoms with van der Waals surface area (Å²) >= 11 is 0. The third kappa shape index (κ3) is 15.7. The number of alkyl halides is 3. The van der Waals surface area contributed by atoms with Crippen molar-refractivity contribution in [2.24, 2.45) is 22.4 Å². The van der Waals surface area contributed by atoms with Crippen molar-refractivity contribution < 1.29 is 56.9 Å². The Bertz CT molecular complexity index is 2090. The van der Waals surface area contributed by atoms with E-state index in [0.717, 1.165) is 16.7 Å². The summed E-state index contributed by atoms with van der Waals surface area (Å²) in [6.45, 7) is 0.345. The maximum Gasteiger partial charge on any atom is 0.490 e.